The number of aliphatic hydroxyl groups is 1. The molecule has 7 heteroatoms. The van der Waals surface area contributed by atoms with Gasteiger partial charge in [0.2, 0.25) is 0 Å². The van der Waals surface area contributed by atoms with Gasteiger partial charge < -0.3 is 15.7 Å². The molecule has 0 heterocycles. The van der Waals surface area contributed by atoms with E-state index in [9.17, 15) is 19.1 Å². The monoisotopic (exact) mass is 376 g/mol. The smallest absolute Gasteiger partial charge is 0.313 e. The van der Waals surface area contributed by atoms with Crippen LogP contribution in [-0.2, 0) is 15.2 Å². The highest BCUT2D eigenvalue weighted by atomic mass is 35.5. The predicted molar refractivity (Wildman–Crippen MR) is 96.1 cm³/mol. The number of halogens is 2. The molecule has 0 unspecified atom stereocenters. The van der Waals surface area contributed by atoms with E-state index in [4.69, 9.17) is 11.6 Å². The van der Waals surface area contributed by atoms with Gasteiger partial charge in [-0.15, -0.1) is 0 Å². The third kappa shape index (κ3) is 4.03. The van der Waals surface area contributed by atoms with E-state index in [1.54, 1.807) is 12.1 Å². The second kappa shape index (κ2) is 7.43. The molecule has 1 aliphatic rings. The Morgan fingerprint density at radius 3 is 2.46 bits per heavy atom. The molecule has 136 valence electrons. The number of hydrogen-bond acceptors (Lipinski definition) is 3. The molecule has 0 saturated heterocycles. The summed E-state index contributed by atoms with van der Waals surface area (Å²) in [6, 6.07) is 12.7. The van der Waals surface area contributed by atoms with Crippen molar-refractivity contribution in [3.63, 3.8) is 0 Å². The maximum atomic E-state index is 13.1. The topological polar surface area (TPSA) is 78.4 Å². The Morgan fingerprint density at radius 2 is 1.85 bits per heavy atom. The van der Waals surface area contributed by atoms with Crippen LogP contribution in [-0.4, -0.2) is 23.5 Å². The molecule has 3 rings (SSSR count). The zero-order valence-corrected chi connectivity index (χ0v) is 14.6. The lowest BCUT2D eigenvalue weighted by Crippen LogP contribution is -2.45. The maximum absolute atomic E-state index is 13.1. The number of amides is 2. The zero-order chi connectivity index (χ0) is 18.7. The van der Waals surface area contributed by atoms with Crippen LogP contribution in [0, 0.1) is 11.7 Å². The van der Waals surface area contributed by atoms with Crippen LogP contribution in [0.15, 0.2) is 48.5 Å². The number of anilines is 1. The Hall–Kier alpha value is -2.44. The lowest BCUT2D eigenvalue weighted by atomic mass is 9.88. The first-order valence-electron chi connectivity index (χ1n) is 8.22. The summed E-state index contributed by atoms with van der Waals surface area (Å²) in [5.74, 6) is -2.38. The molecule has 0 spiro atoms. The van der Waals surface area contributed by atoms with Gasteiger partial charge in [0.1, 0.15) is 11.4 Å². The third-order valence-corrected chi connectivity index (χ3v) is 4.72. The summed E-state index contributed by atoms with van der Waals surface area (Å²) >= 11 is 5.65. The molecule has 0 radical (unpaired) electrons. The number of hydrogen-bond donors (Lipinski definition) is 3. The fourth-order valence-corrected chi connectivity index (χ4v) is 3.01. The quantitative estimate of drug-likeness (QED) is 0.702. The molecule has 1 saturated carbocycles. The van der Waals surface area contributed by atoms with Gasteiger partial charge in [0.15, 0.2) is 0 Å². The zero-order valence-electron chi connectivity index (χ0n) is 13.8. The number of rotatable bonds is 5. The standard InChI is InChI=1S/C19H18ClFN2O3/c20-15-10-14(8-9-16(15)21)23-18(25)17(24)22-11-19(26,13-6-7-13)12-4-2-1-3-5-12/h1-5,8-10,13,26H,6-7,11H2,(H,22,24)(H,23,25)/t19-/m0/s1. The Morgan fingerprint density at radius 1 is 1.15 bits per heavy atom. The maximum Gasteiger partial charge on any atom is 0.313 e. The fraction of sp³-hybridized carbons (Fsp3) is 0.263. The van der Waals surface area contributed by atoms with Gasteiger partial charge in [-0.2, -0.15) is 0 Å². The highest BCUT2D eigenvalue weighted by Gasteiger charge is 2.45. The molecule has 0 aromatic heterocycles. The average Bonchev–Trinajstić information content (AvgIpc) is 3.49. The Bertz CT molecular complexity index is 827. The van der Waals surface area contributed by atoms with E-state index in [1.165, 1.54) is 12.1 Å². The first kappa shape index (κ1) is 18.4. The Labute approximate surface area is 155 Å². The summed E-state index contributed by atoms with van der Waals surface area (Å²) in [5.41, 5.74) is -0.304. The van der Waals surface area contributed by atoms with Crippen molar-refractivity contribution in [3.8, 4) is 0 Å². The van der Waals surface area contributed by atoms with Crippen molar-refractivity contribution < 1.29 is 19.1 Å². The Balaban J connectivity index is 1.63. The van der Waals surface area contributed by atoms with Crippen LogP contribution in [0.25, 0.3) is 0 Å². The minimum atomic E-state index is -1.21. The van der Waals surface area contributed by atoms with Crippen LogP contribution in [0.4, 0.5) is 10.1 Å². The molecule has 1 fully saturated rings. The molecule has 5 nitrogen and oxygen atoms in total. The first-order valence-corrected chi connectivity index (χ1v) is 8.60. The van der Waals surface area contributed by atoms with Crippen LogP contribution in [0.3, 0.4) is 0 Å². The van der Waals surface area contributed by atoms with Crippen molar-refractivity contribution in [2.24, 2.45) is 5.92 Å². The lowest BCUT2D eigenvalue weighted by Gasteiger charge is -2.29. The van der Waals surface area contributed by atoms with E-state index < -0.39 is 23.2 Å². The van der Waals surface area contributed by atoms with Crippen molar-refractivity contribution in [1.82, 2.24) is 5.32 Å². The summed E-state index contributed by atoms with van der Waals surface area (Å²) in [5, 5.41) is 15.7. The van der Waals surface area contributed by atoms with Crippen LogP contribution < -0.4 is 10.6 Å². The Kier molecular flexibility index (Phi) is 5.25. The first-order chi connectivity index (χ1) is 12.4. The predicted octanol–water partition coefficient (Wildman–Crippen LogP) is 2.83. The second-order valence-electron chi connectivity index (χ2n) is 6.33. The van der Waals surface area contributed by atoms with Crippen molar-refractivity contribution in [1.29, 1.82) is 0 Å². The van der Waals surface area contributed by atoms with E-state index in [0.717, 1.165) is 18.9 Å². The van der Waals surface area contributed by atoms with Gasteiger partial charge in [-0.25, -0.2) is 4.39 Å². The van der Waals surface area contributed by atoms with Gasteiger partial charge in [-0.1, -0.05) is 41.9 Å². The minimum Gasteiger partial charge on any atom is -0.383 e. The fourth-order valence-electron chi connectivity index (χ4n) is 2.83. The van der Waals surface area contributed by atoms with Gasteiger partial charge in [-0.05, 0) is 42.5 Å². The second-order valence-corrected chi connectivity index (χ2v) is 6.74. The molecule has 3 N–H and O–H groups in total. The van der Waals surface area contributed by atoms with Crippen molar-refractivity contribution in [2.45, 2.75) is 18.4 Å². The van der Waals surface area contributed by atoms with E-state index in [0.29, 0.717) is 5.56 Å². The molecule has 26 heavy (non-hydrogen) atoms. The molecule has 1 atom stereocenters. The van der Waals surface area contributed by atoms with Crippen LogP contribution in [0.1, 0.15) is 18.4 Å². The van der Waals surface area contributed by atoms with Crippen molar-refractivity contribution >= 4 is 29.1 Å². The molecular formula is C19H18ClFN2O3. The van der Waals surface area contributed by atoms with E-state index in [2.05, 4.69) is 10.6 Å². The molecule has 1 aliphatic carbocycles. The van der Waals surface area contributed by atoms with Crippen LogP contribution in [0.2, 0.25) is 5.02 Å². The molecule has 2 amide bonds. The SMILES string of the molecule is O=C(NC[C@](O)(c1ccccc1)C1CC1)C(=O)Nc1ccc(F)c(Cl)c1. The van der Waals surface area contributed by atoms with Gasteiger partial charge in [0.05, 0.1) is 11.6 Å². The van der Waals surface area contributed by atoms with Gasteiger partial charge in [0, 0.05) is 5.69 Å². The lowest BCUT2D eigenvalue weighted by molar-refractivity contribution is -0.137. The molecule has 2 aromatic rings. The van der Waals surface area contributed by atoms with E-state index in [1.807, 2.05) is 18.2 Å². The molecule has 0 aliphatic heterocycles. The van der Waals surface area contributed by atoms with Crippen LogP contribution >= 0.6 is 11.6 Å². The highest BCUT2D eigenvalue weighted by molar-refractivity contribution is 6.39. The van der Waals surface area contributed by atoms with Crippen LogP contribution in [0.5, 0.6) is 0 Å². The summed E-state index contributed by atoms with van der Waals surface area (Å²) in [6.07, 6.45) is 1.73. The number of nitrogens with one attached hydrogen (secondary N) is 2. The summed E-state index contributed by atoms with van der Waals surface area (Å²) in [7, 11) is 0. The summed E-state index contributed by atoms with van der Waals surface area (Å²) < 4.78 is 13.1. The number of benzene rings is 2. The van der Waals surface area contributed by atoms with Crippen molar-refractivity contribution in [3.05, 3.63) is 64.9 Å². The van der Waals surface area contributed by atoms with Gasteiger partial charge >= 0.3 is 11.8 Å². The van der Waals surface area contributed by atoms with E-state index in [-0.39, 0.29) is 23.2 Å². The third-order valence-electron chi connectivity index (χ3n) is 4.43. The molecule has 2 aromatic carbocycles. The van der Waals surface area contributed by atoms with Crippen molar-refractivity contribution in [2.75, 3.05) is 11.9 Å². The number of carbonyl (C=O) groups excluding carboxylic acids is 2. The minimum absolute atomic E-state index is 0.0455. The van der Waals surface area contributed by atoms with Gasteiger partial charge in [0.25, 0.3) is 0 Å². The normalized spacial score (nSPS) is 15.8. The van der Waals surface area contributed by atoms with Gasteiger partial charge in [-0.3, -0.25) is 9.59 Å². The molecular weight excluding hydrogens is 359 g/mol. The largest absolute Gasteiger partial charge is 0.383 e. The summed E-state index contributed by atoms with van der Waals surface area (Å²) in [4.78, 5) is 24.1. The number of carbonyl (C=O) groups is 2. The summed E-state index contributed by atoms with van der Waals surface area (Å²) in [6.45, 7) is -0.0713. The van der Waals surface area contributed by atoms with E-state index >= 15 is 0 Å². The average molecular weight is 377 g/mol. The highest BCUT2D eigenvalue weighted by Crippen LogP contribution is 2.45. The molecule has 0 bridgehead atoms.